The number of benzene rings is 1. The van der Waals surface area contributed by atoms with Crippen molar-refractivity contribution >= 4 is 58.0 Å². The monoisotopic (exact) mass is 732 g/mol. The maximum Gasteiger partial charge on any atom is 0.270 e. The van der Waals surface area contributed by atoms with Crippen molar-refractivity contribution in [1.82, 2.24) is 39.5 Å². The third kappa shape index (κ3) is 6.57. The number of hydrogen-bond donors (Lipinski definition) is 2. The van der Waals surface area contributed by atoms with Gasteiger partial charge in [0.25, 0.3) is 17.7 Å². The van der Waals surface area contributed by atoms with Crippen LogP contribution in [-0.4, -0.2) is 110 Å². The van der Waals surface area contributed by atoms with Gasteiger partial charge >= 0.3 is 0 Å². The van der Waals surface area contributed by atoms with Gasteiger partial charge in [0.15, 0.2) is 0 Å². The zero-order valence-electron chi connectivity index (χ0n) is 30.7. The van der Waals surface area contributed by atoms with E-state index in [1.54, 1.807) is 37.3 Å². The number of piperidine rings is 2. The average Bonchev–Trinajstić information content (AvgIpc) is 3.89. The summed E-state index contributed by atoms with van der Waals surface area (Å²) in [4.78, 5) is 84.7. The number of anilines is 3. The lowest BCUT2D eigenvalue weighted by molar-refractivity contribution is -0.136. The molecule has 0 spiro atoms. The fourth-order valence-electron chi connectivity index (χ4n) is 8.35. The topological polar surface area (TPSA) is 166 Å². The summed E-state index contributed by atoms with van der Waals surface area (Å²) in [5.41, 5.74) is 3.92. The van der Waals surface area contributed by atoms with Gasteiger partial charge in [0.05, 0.1) is 23.0 Å². The first-order valence-electron chi connectivity index (χ1n) is 18.7. The molecule has 5 amide bonds. The van der Waals surface area contributed by atoms with Crippen LogP contribution in [0.3, 0.4) is 0 Å². The minimum Gasteiger partial charge on any atom is -0.370 e. The Morgan fingerprint density at radius 1 is 0.889 bits per heavy atom. The minimum atomic E-state index is -0.978. The second kappa shape index (κ2) is 14.3. The van der Waals surface area contributed by atoms with E-state index < -0.39 is 29.7 Å². The van der Waals surface area contributed by atoms with Crippen molar-refractivity contribution in [3.63, 3.8) is 0 Å². The van der Waals surface area contributed by atoms with E-state index in [0.717, 1.165) is 78.8 Å². The van der Waals surface area contributed by atoms with Crippen LogP contribution in [0, 0.1) is 0 Å². The molecule has 1 aliphatic carbocycles. The second-order valence-electron chi connectivity index (χ2n) is 15.0. The first-order valence-corrected chi connectivity index (χ1v) is 18.7. The normalized spacial score (nSPS) is 19.6. The third-order valence-corrected chi connectivity index (χ3v) is 11.3. The standard InChI is InChI=1S/C39H44N10O5/c1-45(2)38(54)31-19-24-20-41-39(44-34(24)48(31)26-6-4-5-7-26)42-32-12-9-27(21-40-32)47-16-14-25(15-17-47)46(3)22-23-8-10-28-29(18-23)37(53)49(36(28)52)30-11-13-33(50)43-35(30)51/h8-10,12,18-21,25-26,30H,4-7,11,13-17,22H2,1-3H3,(H,43,50,51)(H,40,41,42,44). The van der Waals surface area contributed by atoms with Crippen LogP contribution < -0.4 is 15.5 Å². The molecule has 3 aromatic heterocycles. The summed E-state index contributed by atoms with van der Waals surface area (Å²) >= 11 is 0. The lowest BCUT2D eigenvalue weighted by atomic mass is 10.0. The Morgan fingerprint density at radius 2 is 1.65 bits per heavy atom. The number of hydrogen-bond acceptors (Lipinski definition) is 11. The number of nitrogens with zero attached hydrogens (tertiary/aromatic N) is 8. The number of imide groups is 2. The number of carbonyl (C=O) groups excluding carboxylic acids is 5. The summed E-state index contributed by atoms with van der Waals surface area (Å²) in [5.74, 6) is -0.981. The Labute approximate surface area is 312 Å². The number of aromatic nitrogens is 4. The van der Waals surface area contributed by atoms with E-state index in [1.807, 2.05) is 30.5 Å². The summed E-state index contributed by atoms with van der Waals surface area (Å²) in [5, 5.41) is 6.33. The Kier molecular flexibility index (Phi) is 9.34. The van der Waals surface area contributed by atoms with Crippen LogP contribution in [0.15, 0.2) is 48.8 Å². The third-order valence-electron chi connectivity index (χ3n) is 11.3. The van der Waals surface area contributed by atoms with Gasteiger partial charge in [0.1, 0.15) is 23.2 Å². The van der Waals surface area contributed by atoms with Crippen LogP contribution in [-0.2, 0) is 16.1 Å². The van der Waals surface area contributed by atoms with Crippen molar-refractivity contribution in [1.29, 1.82) is 0 Å². The minimum absolute atomic E-state index is 0.0422. The van der Waals surface area contributed by atoms with Crippen molar-refractivity contribution < 1.29 is 24.0 Å². The Hall–Kier alpha value is -5.70. The van der Waals surface area contributed by atoms with Gasteiger partial charge in [-0.2, -0.15) is 4.98 Å². The molecule has 2 N–H and O–H groups in total. The molecular formula is C39H44N10O5. The first kappa shape index (κ1) is 35.3. The number of pyridine rings is 1. The number of nitrogens with one attached hydrogen (secondary N) is 2. The SMILES string of the molecule is CN(C)C(=O)c1cc2cnc(Nc3ccc(N4CCC(N(C)Cc5ccc6c(c5)C(=O)N(C5CCC(=O)NC5=O)C6=O)CC4)cn3)nc2n1C1CCCC1. The molecule has 0 bridgehead atoms. The van der Waals surface area contributed by atoms with Crippen LogP contribution in [0.5, 0.6) is 0 Å². The maximum atomic E-state index is 13.3. The van der Waals surface area contributed by atoms with E-state index >= 15 is 0 Å². The van der Waals surface area contributed by atoms with Crippen molar-refractivity contribution in [2.24, 2.45) is 0 Å². The zero-order valence-corrected chi connectivity index (χ0v) is 30.7. The molecule has 15 nitrogen and oxygen atoms in total. The van der Waals surface area contributed by atoms with E-state index in [2.05, 4.69) is 42.0 Å². The number of rotatable bonds is 9. The Balaban J connectivity index is 0.877. The van der Waals surface area contributed by atoms with Crippen LogP contribution >= 0.6 is 0 Å². The van der Waals surface area contributed by atoms with Crippen LogP contribution in [0.1, 0.15) is 94.2 Å². The molecule has 8 rings (SSSR count). The lowest BCUT2D eigenvalue weighted by Crippen LogP contribution is -2.54. The molecule has 3 fully saturated rings. The van der Waals surface area contributed by atoms with Gasteiger partial charge in [-0.3, -0.25) is 39.1 Å². The highest BCUT2D eigenvalue weighted by Gasteiger charge is 2.44. The van der Waals surface area contributed by atoms with E-state index in [9.17, 15) is 24.0 Å². The highest BCUT2D eigenvalue weighted by molar-refractivity contribution is 6.23. The summed E-state index contributed by atoms with van der Waals surface area (Å²) in [6.07, 6.45) is 10.0. The van der Waals surface area contributed by atoms with Crippen LogP contribution in [0.2, 0.25) is 0 Å². The summed E-state index contributed by atoms with van der Waals surface area (Å²) in [7, 11) is 5.61. The second-order valence-corrected chi connectivity index (χ2v) is 15.0. The molecule has 1 unspecified atom stereocenters. The summed E-state index contributed by atoms with van der Waals surface area (Å²) in [6, 6.07) is 10.8. The van der Waals surface area contributed by atoms with Crippen molar-refractivity contribution in [3.05, 3.63) is 71.2 Å². The zero-order chi connectivity index (χ0) is 37.7. The molecule has 2 saturated heterocycles. The fraction of sp³-hybridized carbons (Fsp3) is 0.436. The smallest absolute Gasteiger partial charge is 0.270 e. The molecular weight excluding hydrogens is 688 g/mol. The molecule has 1 saturated carbocycles. The molecule has 54 heavy (non-hydrogen) atoms. The Bertz CT molecular complexity index is 2150. The van der Waals surface area contributed by atoms with Crippen molar-refractivity contribution in [2.75, 3.05) is 44.4 Å². The summed E-state index contributed by atoms with van der Waals surface area (Å²) in [6.45, 7) is 2.31. The van der Waals surface area contributed by atoms with E-state index in [-0.39, 0.29) is 30.4 Å². The predicted molar refractivity (Wildman–Crippen MR) is 200 cm³/mol. The molecule has 3 aliphatic heterocycles. The van der Waals surface area contributed by atoms with E-state index in [0.29, 0.717) is 35.6 Å². The maximum absolute atomic E-state index is 13.3. The molecule has 4 aliphatic rings. The molecule has 4 aromatic rings. The lowest BCUT2D eigenvalue weighted by Gasteiger charge is -2.37. The quantitative estimate of drug-likeness (QED) is 0.240. The van der Waals surface area contributed by atoms with Gasteiger partial charge in [0.2, 0.25) is 17.8 Å². The predicted octanol–water partition coefficient (Wildman–Crippen LogP) is 3.89. The van der Waals surface area contributed by atoms with Crippen molar-refractivity contribution in [2.45, 2.75) is 76.0 Å². The summed E-state index contributed by atoms with van der Waals surface area (Å²) < 4.78 is 2.10. The molecule has 1 aromatic carbocycles. The van der Waals surface area contributed by atoms with E-state index in [1.165, 1.54) is 0 Å². The van der Waals surface area contributed by atoms with Crippen LogP contribution in [0.25, 0.3) is 11.0 Å². The molecule has 15 heteroatoms. The molecule has 0 radical (unpaired) electrons. The number of carbonyl (C=O) groups is 5. The van der Waals surface area contributed by atoms with Gasteiger partial charge in [-0.25, -0.2) is 9.97 Å². The average molecular weight is 733 g/mol. The van der Waals surface area contributed by atoms with Gasteiger partial charge in [-0.15, -0.1) is 0 Å². The number of amides is 5. The molecule has 280 valence electrons. The van der Waals surface area contributed by atoms with Gasteiger partial charge in [-0.1, -0.05) is 18.9 Å². The highest BCUT2D eigenvalue weighted by Crippen LogP contribution is 2.35. The largest absolute Gasteiger partial charge is 0.370 e. The Morgan fingerprint density at radius 3 is 2.35 bits per heavy atom. The number of fused-ring (bicyclic) bond motifs is 2. The van der Waals surface area contributed by atoms with Crippen molar-refractivity contribution in [3.8, 4) is 0 Å². The van der Waals surface area contributed by atoms with Gasteiger partial charge in [0, 0.05) is 63.8 Å². The molecule has 6 heterocycles. The highest BCUT2D eigenvalue weighted by atomic mass is 16.2. The first-order chi connectivity index (χ1) is 26.0. The van der Waals surface area contributed by atoms with Crippen LogP contribution in [0.4, 0.5) is 17.5 Å². The van der Waals surface area contributed by atoms with Gasteiger partial charge in [-0.05, 0) is 75.0 Å². The van der Waals surface area contributed by atoms with E-state index in [4.69, 9.17) is 4.98 Å². The fourth-order valence-corrected chi connectivity index (χ4v) is 8.35. The van der Waals surface area contributed by atoms with Gasteiger partial charge < -0.3 is 19.7 Å². The molecule has 1 atom stereocenters.